The van der Waals surface area contributed by atoms with Crippen LogP contribution in [0.5, 0.6) is 0 Å². The zero-order valence-electron chi connectivity index (χ0n) is 12.3. The maximum absolute atomic E-state index is 5.85. The summed E-state index contributed by atoms with van der Waals surface area (Å²) in [5.41, 5.74) is 7.85. The molecule has 3 rings (SSSR count). The van der Waals surface area contributed by atoms with Crippen molar-refractivity contribution in [2.75, 3.05) is 0 Å². The molecule has 106 valence electrons. The largest absolute Gasteiger partial charge is 0.271 e. The SMILES string of the molecule is Cc1ccc(C(NN)c2cccc3cnccc23)cc1C. The number of aryl methyl sites for hydroxylation is 2. The number of nitrogens with zero attached hydrogens (tertiary/aromatic N) is 1. The Hall–Kier alpha value is -2.23. The van der Waals surface area contributed by atoms with Crippen LogP contribution >= 0.6 is 0 Å². The zero-order valence-corrected chi connectivity index (χ0v) is 12.3. The van der Waals surface area contributed by atoms with Crippen molar-refractivity contribution in [1.29, 1.82) is 0 Å². The number of nitrogens with one attached hydrogen (secondary N) is 1. The smallest absolute Gasteiger partial charge is 0.0716 e. The third kappa shape index (κ3) is 2.53. The van der Waals surface area contributed by atoms with Crippen molar-refractivity contribution in [2.45, 2.75) is 19.9 Å². The minimum atomic E-state index is -0.0320. The van der Waals surface area contributed by atoms with E-state index in [1.54, 1.807) is 0 Å². The Morgan fingerprint density at radius 1 is 1.05 bits per heavy atom. The summed E-state index contributed by atoms with van der Waals surface area (Å²) in [6, 6.07) is 14.7. The van der Waals surface area contributed by atoms with Crippen molar-refractivity contribution in [3.63, 3.8) is 0 Å². The summed E-state index contributed by atoms with van der Waals surface area (Å²) in [6.45, 7) is 4.24. The molecule has 0 amide bonds. The van der Waals surface area contributed by atoms with Gasteiger partial charge in [0.1, 0.15) is 0 Å². The van der Waals surface area contributed by atoms with Gasteiger partial charge in [-0.3, -0.25) is 10.8 Å². The Morgan fingerprint density at radius 3 is 2.67 bits per heavy atom. The van der Waals surface area contributed by atoms with E-state index < -0.39 is 0 Å². The first kappa shape index (κ1) is 13.7. The van der Waals surface area contributed by atoms with Crippen molar-refractivity contribution in [2.24, 2.45) is 5.84 Å². The molecule has 0 aliphatic carbocycles. The zero-order chi connectivity index (χ0) is 14.8. The van der Waals surface area contributed by atoms with E-state index in [0.717, 1.165) is 5.39 Å². The van der Waals surface area contributed by atoms with Gasteiger partial charge in [-0.05, 0) is 47.6 Å². The van der Waals surface area contributed by atoms with Crippen LogP contribution in [0.4, 0.5) is 0 Å². The molecular formula is C18H19N3. The summed E-state index contributed by atoms with van der Waals surface area (Å²) in [5, 5.41) is 2.30. The fourth-order valence-electron chi connectivity index (χ4n) is 2.71. The lowest BCUT2D eigenvalue weighted by molar-refractivity contribution is 0.640. The molecule has 0 fully saturated rings. The first-order chi connectivity index (χ1) is 10.2. The second-order valence-corrected chi connectivity index (χ2v) is 5.39. The minimum absolute atomic E-state index is 0.0320. The molecule has 0 radical (unpaired) electrons. The van der Waals surface area contributed by atoms with Crippen LogP contribution in [0.15, 0.2) is 54.9 Å². The van der Waals surface area contributed by atoms with Crippen LogP contribution in [-0.2, 0) is 0 Å². The normalized spacial score (nSPS) is 12.5. The summed E-state index contributed by atoms with van der Waals surface area (Å²) >= 11 is 0. The number of rotatable bonds is 3. The number of pyridine rings is 1. The van der Waals surface area contributed by atoms with E-state index in [9.17, 15) is 0 Å². The molecule has 2 aromatic carbocycles. The second-order valence-electron chi connectivity index (χ2n) is 5.39. The quantitative estimate of drug-likeness (QED) is 0.570. The maximum Gasteiger partial charge on any atom is 0.0716 e. The Balaban J connectivity index is 2.16. The number of hydrazine groups is 1. The van der Waals surface area contributed by atoms with Crippen LogP contribution < -0.4 is 11.3 Å². The third-order valence-corrected chi connectivity index (χ3v) is 4.06. The molecule has 0 saturated heterocycles. The summed E-state index contributed by atoms with van der Waals surface area (Å²) in [5.74, 6) is 5.85. The van der Waals surface area contributed by atoms with Gasteiger partial charge in [0.15, 0.2) is 0 Å². The van der Waals surface area contributed by atoms with Crippen LogP contribution in [0.1, 0.15) is 28.3 Å². The van der Waals surface area contributed by atoms with Gasteiger partial charge in [-0.25, -0.2) is 5.43 Å². The monoisotopic (exact) mass is 277 g/mol. The molecule has 3 nitrogen and oxygen atoms in total. The van der Waals surface area contributed by atoms with Gasteiger partial charge in [-0.15, -0.1) is 0 Å². The number of fused-ring (bicyclic) bond motifs is 1. The number of hydrogen-bond acceptors (Lipinski definition) is 3. The highest BCUT2D eigenvalue weighted by atomic mass is 15.2. The highest BCUT2D eigenvalue weighted by Gasteiger charge is 2.15. The molecular weight excluding hydrogens is 258 g/mol. The molecule has 3 aromatic rings. The second kappa shape index (κ2) is 5.64. The molecule has 1 heterocycles. The van der Waals surface area contributed by atoms with Gasteiger partial charge in [0.25, 0.3) is 0 Å². The van der Waals surface area contributed by atoms with Crippen LogP contribution in [0.25, 0.3) is 10.8 Å². The van der Waals surface area contributed by atoms with Crippen molar-refractivity contribution in [1.82, 2.24) is 10.4 Å². The maximum atomic E-state index is 5.85. The van der Waals surface area contributed by atoms with Crippen LogP contribution in [0.3, 0.4) is 0 Å². The predicted molar refractivity (Wildman–Crippen MR) is 86.8 cm³/mol. The molecule has 0 spiro atoms. The van der Waals surface area contributed by atoms with Gasteiger partial charge in [-0.1, -0.05) is 36.4 Å². The topological polar surface area (TPSA) is 50.9 Å². The van der Waals surface area contributed by atoms with Gasteiger partial charge in [0.05, 0.1) is 6.04 Å². The van der Waals surface area contributed by atoms with Crippen molar-refractivity contribution >= 4 is 10.8 Å². The molecule has 0 aliphatic rings. The van der Waals surface area contributed by atoms with Crippen LogP contribution in [0.2, 0.25) is 0 Å². The number of nitrogens with two attached hydrogens (primary N) is 1. The van der Waals surface area contributed by atoms with Crippen molar-refractivity contribution < 1.29 is 0 Å². The number of benzene rings is 2. The first-order valence-electron chi connectivity index (χ1n) is 7.06. The fourth-order valence-corrected chi connectivity index (χ4v) is 2.71. The summed E-state index contributed by atoms with van der Waals surface area (Å²) in [6.07, 6.45) is 3.70. The third-order valence-electron chi connectivity index (χ3n) is 4.06. The van der Waals surface area contributed by atoms with E-state index in [1.807, 2.05) is 24.5 Å². The number of aromatic nitrogens is 1. The minimum Gasteiger partial charge on any atom is -0.271 e. The Bertz CT molecular complexity index is 775. The van der Waals surface area contributed by atoms with E-state index in [1.165, 1.54) is 27.6 Å². The molecule has 0 aliphatic heterocycles. The van der Waals surface area contributed by atoms with E-state index in [4.69, 9.17) is 5.84 Å². The Morgan fingerprint density at radius 2 is 1.90 bits per heavy atom. The molecule has 0 saturated carbocycles. The molecule has 1 aromatic heterocycles. The van der Waals surface area contributed by atoms with E-state index in [2.05, 4.69) is 54.6 Å². The lowest BCUT2D eigenvalue weighted by Gasteiger charge is -2.20. The summed E-state index contributed by atoms with van der Waals surface area (Å²) in [7, 11) is 0. The predicted octanol–water partition coefficient (Wildman–Crippen LogP) is 3.40. The van der Waals surface area contributed by atoms with Crippen molar-refractivity contribution in [3.8, 4) is 0 Å². The van der Waals surface area contributed by atoms with Gasteiger partial charge in [0.2, 0.25) is 0 Å². The van der Waals surface area contributed by atoms with E-state index >= 15 is 0 Å². The van der Waals surface area contributed by atoms with E-state index in [0.29, 0.717) is 0 Å². The average molecular weight is 277 g/mol. The van der Waals surface area contributed by atoms with Gasteiger partial charge in [0, 0.05) is 17.8 Å². The van der Waals surface area contributed by atoms with Crippen molar-refractivity contribution in [3.05, 3.63) is 77.1 Å². The van der Waals surface area contributed by atoms with Gasteiger partial charge >= 0.3 is 0 Å². The molecule has 1 atom stereocenters. The summed E-state index contributed by atoms with van der Waals surface area (Å²) in [4.78, 5) is 4.19. The van der Waals surface area contributed by atoms with Crippen LogP contribution in [-0.4, -0.2) is 4.98 Å². The van der Waals surface area contributed by atoms with Gasteiger partial charge in [-0.2, -0.15) is 0 Å². The lowest BCUT2D eigenvalue weighted by atomic mass is 9.93. The van der Waals surface area contributed by atoms with Crippen LogP contribution in [0, 0.1) is 13.8 Å². The first-order valence-corrected chi connectivity index (χ1v) is 7.06. The standard InChI is InChI=1S/C18H19N3/c1-12-6-7-14(10-13(12)2)18(21-19)17-5-3-4-15-11-20-9-8-16(15)17/h3-11,18,21H,19H2,1-2H3. The Labute approximate surface area is 124 Å². The average Bonchev–Trinajstić information content (AvgIpc) is 2.52. The fraction of sp³-hybridized carbons (Fsp3) is 0.167. The molecule has 3 heteroatoms. The molecule has 0 bridgehead atoms. The molecule has 21 heavy (non-hydrogen) atoms. The highest BCUT2D eigenvalue weighted by Crippen LogP contribution is 2.29. The number of hydrogen-bond donors (Lipinski definition) is 2. The Kier molecular flexibility index (Phi) is 3.69. The van der Waals surface area contributed by atoms with E-state index in [-0.39, 0.29) is 6.04 Å². The molecule has 1 unspecified atom stereocenters. The highest BCUT2D eigenvalue weighted by molar-refractivity contribution is 5.85. The van der Waals surface area contributed by atoms with Gasteiger partial charge < -0.3 is 0 Å². The molecule has 3 N–H and O–H groups in total. The summed E-state index contributed by atoms with van der Waals surface area (Å²) < 4.78 is 0. The lowest BCUT2D eigenvalue weighted by Crippen LogP contribution is -2.29.